The van der Waals surface area contributed by atoms with E-state index in [-0.39, 0.29) is 18.8 Å². The summed E-state index contributed by atoms with van der Waals surface area (Å²) in [6, 6.07) is 27.7. The van der Waals surface area contributed by atoms with Crippen molar-refractivity contribution in [1.82, 2.24) is 9.13 Å². The van der Waals surface area contributed by atoms with Gasteiger partial charge in [-0.2, -0.15) is 0 Å². The first-order valence-electron chi connectivity index (χ1n) is 19.3. The number of rotatable bonds is 13. The molecule has 9 nitrogen and oxygen atoms in total. The molecule has 1 saturated heterocycles. The number of thiophene rings is 1. The monoisotopic (exact) mass is 860 g/mol. The van der Waals surface area contributed by atoms with E-state index in [1.807, 2.05) is 106 Å². The largest absolute Gasteiger partial charge is 0.508 e. The molecule has 0 spiro atoms. The lowest BCUT2D eigenvalue weighted by Crippen LogP contribution is -2.69. The Kier molecular flexibility index (Phi) is 12.8. The van der Waals surface area contributed by atoms with Crippen molar-refractivity contribution in [2.75, 3.05) is 13.2 Å². The van der Waals surface area contributed by atoms with Gasteiger partial charge in [-0.1, -0.05) is 106 Å². The highest BCUT2D eigenvalue weighted by atomic mass is 79.9. The predicted molar refractivity (Wildman–Crippen MR) is 230 cm³/mol. The van der Waals surface area contributed by atoms with Crippen LogP contribution in [0, 0.1) is 6.92 Å². The van der Waals surface area contributed by atoms with Crippen LogP contribution in [0.5, 0.6) is 0 Å². The summed E-state index contributed by atoms with van der Waals surface area (Å²) in [5.74, 6) is -0.657. The van der Waals surface area contributed by atoms with Gasteiger partial charge in [0.2, 0.25) is 0 Å². The molecule has 2 aromatic heterocycles. The Morgan fingerprint density at radius 1 is 0.911 bits per heavy atom. The van der Waals surface area contributed by atoms with Crippen LogP contribution in [-0.2, 0) is 42.1 Å². The van der Waals surface area contributed by atoms with Gasteiger partial charge in [-0.3, -0.25) is 14.2 Å². The zero-order chi connectivity index (χ0) is 40.4. The van der Waals surface area contributed by atoms with Crippen molar-refractivity contribution >= 4 is 62.1 Å². The highest BCUT2D eigenvalue weighted by molar-refractivity contribution is 9.11. The second-order valence-corrected chi connectivity index (χ2v) is 22.9. The van der Waals surface area contributed by atoms with Gasteiger partial charge in [0.25, 0.3) is 5.56 Å². The van der Waals surface area contributed by atoms with Gasteiger partial charge in [0, 0.05) is 13.2 Å². The molecular formula is C44H53BrN2O7SSi. The third-order valence-corrected chi connectivity index (χ3v) is 17.8. The van der Waals surface area contributed by atoms with E-state index in [2.05, 4.69) is 36.7 Å². The molecule has 0 N–H and O–H groups in total. The van der Waals surface area contributed by atoms with Crippen molar-refractivity contribution in [2.24, 2.45) is 0 Å². The number of aromatic nitrogens is 2. The van der Waals surface area contributed by atoms with Gasteiger partial charge in [0.1, 0.15) is 16.5 Å². The minimum atomic E-state index is -3.40. The van der Waals surface area contributed by atoms with Crippen LogP contribution >= 0.6 is 27.3 Å². The molecule has 0 radical (unpaired) electrons. The Morgan fingerprint density at radius 3 is 2.05 bits per heavy atom. The fraction of sp³-hybridized carbons (Fsp3) is 0.432. The SMILES string of the molecule is Cc1c(Br)sc2c1c(=O)n(C(C)(C)C(=O)O[Si](c1ccccc1)(c1ccccc1)C(C)(C)C)c(=O)n2C[C@H](OC1CCOCC1)c1ccccc1COC(C)C. The number of carbonyl (C=O) groups excluding carboxylic acids is 1. The summed E-state index contributed by atoms with van der Waals surface area (Å²) in [7, 11) is -3.40. The lowest BCUT2D eigenvalue weighted by atomic mass is 10.0. The van der Waals surface area contributed by atoms with Crippen LogP contribution in [-0.4, -0.2) is 48.8 Å². The fourth-order valence-electron chi connectivity index (χ4n) is 7.64. The van der Waals surface area contributed by atoms with Crippen molar-refractivity contribution in [2.45, 2.75) is 110 Å². The first kappa shape index (κ1) is 42.0. The van der Waals surface area contributed by atoms with E-state index in [1.54, 1.807) is 18.4 Å². The Balaban J connectivity index is 1.52. The second-order valence-electron chi connectivity index (χ2n) is 16.3. The van der Waals surface area contributed by atoms with Gasteiger partial charge < -0.3 is 18.6 Å². The topological polar surface area (TPSA) is 98.0 Å². The first-order chi connectivity index (χ1) is 26.6. The van der Waals surface area contributed by atoms with Gasteiger partial charge in [-0.25, -0.2) is 9.36 Å². The quantitative estimate of drug-likeness (QED) is 0.111. The van der Waals surface area contributed by atoms with Gasteiger partial charge in [0.15, 0.2) is 0 Å². The number of benzene rings is 3. The van der Waals surface area contributed by atoms with Gasteiger partial charge >= 0.3 is 20.0 Å². The third-order valence-electron chi connectivity index (χ3n) is 10.7. The molecule has 298 valence electrons. The molecule has 56 heavy (non-hydrogen) atoms. The van der Waals surface area contributed by atoms with Crippen molar-refractivity contribution in [1.29, 1.82) is 0 Å². The molecule has 3 heterocycles. The Morgan fingerprint density at radius 2 is 1.48 bits per heavy atom. The van der Waals surface area contributed by atoms with Crippen LogP contribution in [0.2, 0.25) is 5.04 Å². The van der Waals surface area contributed by atoms with Crippen LogP contribution in [0.25, 0.3) is 10.2 Å². The van der Waals surface area contributed by atoms with E-state index >= 15 is 9.59 Å². The molecule has 1 atom stereocenters. The standard InChI is InChI=1S/C44H53BrN2O7SSi/c1-29(2)52-28-31-17-15-16-22-35(31)36(53-32-23-25-51-26-24-32)27-46-40-37(30(3)38(45)55-40)39(48)47(42(46)50)44(7,8)41(49)54-56(43(4,5)6,33-18-11-9-12-19-33)34-20-13-10-14-21-34/h9-22,29,32,36H,23-28H2,1-8H3/t36-/m0/s1. The highest BCUT2D eigenvalue weighted by Gasteiger charge is 2.55. The molecule has 0 aliphatic carbocycles. The lowest BCUT2D eigenvalue weighted by molar-refractivity contribution is -0.144. The minimum absolute atomic E-state index is 0.0148. The summed E-state index contributed by atoms with van der Waals surface area (Å²) in [4.78, 5) is 45.4. The normalized spacial score (nSPS) is 15.0. The number of hydrogen-bond donors (Lipinski definition) is 0. The average molecular weight is 862 g/mol. The number of carbonyl (C=O) groups is 1. The summed E-state index contributed by atoms with van der Waals surface area (Å²) < 4.78 is 29.0. The Labute approximate surface area is 342 Å². The van der Waals surface area contributed by atoms with Crippen LogP contribution < -0.4 is 21.6 Å². The molecule has 1 aliphatic heterocycles. The molecule has 1 fully saturated rings. The molecule has 3 aromatic carbocycles. The summed E-state index contributed by atoms with van der Waals surface area (Å²) >= 11 is 4.99. The molecule has 0 bridgehead atoms. The van der Waals surface area contributed by atoms with E-state index in [1.165, 1.54) is 11.3 Å². The number of ether oxygens (including phenoxy) is 3. The van der Waals surface area contributed by atoms with E-state index in [4.69, 9.17) is 18.6 Å². The molecule has 0 saturated carbocycles. The maximum Gasteiger partial charge on any atom is 0.333 e. The third kappa shape index (κ3) is 8.19. The number of aryl methyl sites for hydroxylation is 1. The zero-order valence-electron chi connectivity index (χ0n) is 33.6. The molecule has 1 aliphatic rings. The van der Waals surface area contributed by atoms with Crippen LogP contribution in [0.3, 0.4) is 0 Å². The number of hydrogen-bond acceptors (Lipinski definition) is 8. The molecular weight excluding hydrogens is 809 g/mol. The summed E-state index contributed by atoms with van der Waals surface area (Å²) in [5, 5.41) is 1.67. The van der Waals surface area contributed by atoms with Gasteiger partial charge in [-0.05, 0) is 95.5 Å². The maximum atomic E-state index is 15.2. The van der Waals surface area contributed by atoms with Crippen LogP contribution in [0.4, 0.5) is 0 Å². The predicted octanol–water partition coefficient (Wildman–Crippen LogP) is 8.00. The van der Waals surface area contributed by atoms with Crippen molar-refractivity contribution < 1.29 is 23.4 Å². The molecule has 12 heteroatoms. The zero-order valence-corrected chi connectivity index (χ0v) is 37.0. The first-order valence-corrected chi connectivity index (χ1v) is 22.8. The van der Waals surface area contributed by atoms with E-state index in [9.17, 15) is 4.79 Å². The molecule has 0 amide bonds. The van der Waals surface area contributed by atoms with E-state index in [0.717, 1.165) is 42.7 Å². The van der Waals surface area contributed by atoms with E-state index in [0.29, 0.717) is 35.6 Å². The maximum absolute atomic E-state index is 15.2. The van der Waals surface area contributed by atoms with Crippen molar-refractivity contribution in [3.63, 3.8) is 0 Å². The highest BCUT2D eigenvalue weighted by Crippen LogP contribution is 2.39. The van der Waals surface area contributed by atoms with Gasteiger partial charge in [0.05, 0.1) is 34.5 Å². The lowest BCUT2D eigenvalue weighted by Gasteiger charge is -2.43. The van der Waals surface area contributed by atoms with E-state index < -0.39 is 42.2 Å². The van der Waals surface area contributed by atoms with Crippen molar-refractivity contribution in [3.05, 3.63) is 126 Å². The second kappa shape index (κ2) is 17.1. The molecule has 5 aromatic rings. The fourth-order valence-corrected chi connectivity index (χ4v) is 13.8. The number of halogens is 1. The smallest absolute Gasteiger partial charge is 0.333 e. The van der Waals surface area contributed by atoms with Crippen LogP contribution in [0.15, 0.2) is 98.3 Å². The minimum Gasteiger partial charge on any atom is -0.508 e. The average Bonchev–Trinajstić information content (AvgIpc) is 3.47. The summed E-state index contributed by atoms with van der Waals surface area (Å²) in [6.07, 6.45) is 0.775. The number of fused-ring (bicyclic) bond motifs is 1. The molecule has 0 unspecified atom stereocenters. The van der Waals surface area contributed by atoms with Crippen LogP contribution in [0.1, 0.15) is 84.1 Å². The van der Waals surface area contributed by atoms with Gasteiger partial charge in [-0.15, -0.1) is 11.3 Å². The van der Waals surface area contributed by atoms with Crippen molar-refractivity contribution in [3.8, 4) is 0 Å². The Bertz CT molecular complexity index is 2230. The summed E-state index contributed by atoms with van der Waals surface area (Å²) in [5.41, 5.74) is -0.321. The number of nitrogens with zero attached hydrogens (tertiary/aromatic N) is 2. The molecule has 6 rings (SSSR count). The Hall–Kier alpha value is -3.65. The summed E-state index contributed by atoms with van der Waals surface area (Å²) in [6.45, 7) is 16.9.